The molecule has 0 fully saturated rings. The average molecular weight is 781 g/mol. The second-order valence-electron chi connectivity index (χ2n) is 15.6. The quantitative estimate of drug-likeness (QED) is 0.174. The lowest BCUT2D eigenvalue weighted by Gasteiger charge is -2.13. The summed E-state index contributed by atoms with van der Waals surface area (Å²) in [4.78, 5) is 15.8. The number of rotatable bonds is 5. The van der Waals surface area contributed by atoms with Gasteiger partial charge in [0, 0.05) is 49.0 Å². The Morgan fingerprint density at radius 1 is 0.344 bits per heavy atom. The first-order valence-corrected chi connectivity index (χ1v) is 20.4. The van der Waals surface area contributed by atoms with E-state index in [9.17, 15) is 0 Å². The van der Waals surface area contributed by atoms with Gasteiger partial charge in [0.1, 0.15) is 22.3 Å². The molecule has 4 aromatic heterocycles. The van der Waals surface area contributed by atoms with Crippen molar-refractivity contribution in [1.29, 1.82) is 0 Å². The summed E-state index contributed by atoms with van der Waals surface area (Å²) < 4.78 is 14.8. The maximum absolute atomic E-state index is 6.35. The zero-order valence-corrected chi connectivity index (χ0v) is 32.6. The molecule has 0 amide bonds. The number of para-hydroxylation sites is 3. The number of furan rings is 2. The average Bonchev–Trinajstić information content (AvgIpc) is 4.01. The fraction of sp³-hybridized carbons (Fsp3) is 0. The second-order valence-corrected chi connectivity index (χ2v) is 15.6. The fourth-order valence-corrected chi connectivity index (χ4v) is 9.22. The van der Waals surface area contributed by atoms with Crippen molar-refractivity contribution in [1.82, 2.24) is 19.5 Å². The Morgan fingerprint density at radius 2 is 0.951 bits per heavy atom. The molecule has 0 saturated carbocycles. The zero-order chi connectivity index (χ0) is 40.0. The predicted octanol–water partition coefficient (Wildman–Crippen LogP) is 14.6. The van der Waals surface area contributed by atoms with Gasteiger partial charge in [-0.05, 0) is 76.0 Å². The summed E-state index contributed by atoms with van der Waals surface area (Å²) in [7, 11) is 0. The molecule has 6 heteroatoms. The first kappa shape index (κ1) is 33.6. The third kappa shape index (κ3) is 5.26. The van der Waals surface area contributed by atoms with Gasteiger partial charge in [-0.2, -0.15) is 9.97 Å². The molecule has 0 bridgehead atoms. The van der Waals surface area contributed by atoms with E-state index in [4.69, 9.17) is 23.8 Å². The third-order valence-electron chi connectivity index (χ3n) is 12.1. The largest absolute Gasteiger partial charge is 0.456 e. The summed E-state index contributed by atoms with van der Waals surface area (Å²) in [5.74, 6) is 1.68. The predicted molar refractivity (Wildman–Crippen MR) is 248 cm³/mol. The molecule has 0 aliphatic rings. The minimum atomic E-state index is 0.532. The highest BCUT2D eigenvalue weighted by Crippen LogP contribution is 2.42. The number of aromatic nitrogens is 4. The molecule has 0 saturated heterocycles. The van der Waals surface area contributed by atoms with Crippen molar-refractivity contribution >= 4 is 76.5 Å². The molecular weight excluding hydrogens is 749 g/mol. The van der Waals surface area contributed by atoms with Crippen molar-refractivity contribution in [3.05, 3.63) is 194 Å². The van der Waals surface area contributed by atoms with Gasteiger partial charge in [0.15, 0.2) is 11.6 Å². The van der Waals surface area contributed by atoms with E-state index in [-0.39, 0.29) is 0 Å². The Morgan fingerprint density at radius 3 is 1.80 bits per heavy atom. The van der Waals surface area contributed by atoms with Gasteiger partial charge in [-0.1, -0.05) is 146 Å². The number of fused-ring (bicyclic) bond motifs is 11. The Labute approximate surface area is 348 Å². The summed E-state index contributed by atoms with van der Waals surface area (Å²) in [5.41, 5.74) is 11.6. The summed E-state index contributed by atoms with van der Waals surface area (Å²) in [5, 5.41) is 8.95. The molecule has 0 aliphatic carbocycles. The van der Waals surface area contributed by atoms with E-state index in [0.717, 1.165) is 99.1 Å². The van der Waals surface area contributed by atoms with Gasteiger partial charge < -0.3 is 8.83 Å². The molecule has 0 spiro atoms. The first-order chi connectivity index (χ1) is 30.2. The van der Waals surface area contributed by atoms with Crippen molar-refractivity contribution in [3.8, 4) is 51.0 Å². The first-order valence-electron chi connectivity index (χ1n) is 20.4. The SMILES string of the molecule is c1ccc(-c2nc(-c3ccc4c(c3)oc3ccccc34)nc(-n3c4ccc5ccccc5c4c4cccc(-c5cccc(-c6ccc7oc8ccccc8c7c6)c5)c43)n2)cc1. The van der Waals surface area contributed by atoms with E-state index in [2.05, 4.69) is 132 Å². The number of benzene rings is 9. The third-order valence-corrected chi connectivity index (χ3v) is 12.1. The number of hydrogen-bond acceptors (Lipinski definition) is 5. The number of hydrogen-bond donors (Lipinski definition) is 0. The molecule has 13 aromatic rings. The van der Waals surface area contributed by atoms with Gasteiger partial charge in [0.25, 0.3) is 0 Å². The molecule has 0 unspecified atom stereocenters. The maximum Gasteiger partial charge on any atom is 0.238 e. The maximum atomic E-state index is 6.35. The van der Waals surface area contributed by atoms with Gasteiger partial charge in [0.05, 0.1) is 11.0 Å². The van der Waals surface area contributed by atoms with Crippen LogP contribution in [0.3, 0.4) is 0 Å². The van der Waals surface area contributed by atoms with Crippen LogP contribution in [0.2, 0.25) is 0 Å². The molecule has 9 aromatic carbocycles. The molecule has 0 radical (unpaired) electrons. The lowest BCUT2D eigenvalue weighted by atomic mass is 9.96. The molecule has 4 heterocycles. The van der Waals surface area contributed by atoms with Crippen molar-refractivity contribution < 1.29 is 8.83 Å². The molecule has 0 N–H and O–H groups in total. The Kier molecular flexibility index (Phi) is 7.21. The zero-order valence-electron chi connectivity index (χ0n) is 32.6. The van der Waals surface area contributed by atoms with Crippen LogP contribution in [0.5, 0.6) is 0 Å². The van der Waals surface area contributed by atoms with Gasteiger partial charge in [-0.15, -0.1) is 0 Å². The van der Waals surface area contributed by atoms with Crippen molar-refractivity contribution in [2.24, 2.45) is 0 Å². The van der Waals surface area contributed by atoms with Crippen LogP contribution >= 0.6 is 0 Å². The highest BCUT2D eigenvalue weighted by atomic mass is 16.3. The second kappa shape index (κ2) is 13.1. The van der Waals surface area contributed by atoms with Crippen LogP contribution in [0.4, 0.5) is 0 Å². The van der Waals surface area contributed by atoms with Gasteiger partial charge in [-0.25, -0.2) is 4.98 Å². The van der Waals surface area contributed by atoms with Crippen molar-refractivity contribution in [3.63, 3.8) is 0 Å². The summed E-state index contributed by atoms with van der Waals surface area (Å²) in [6.45, 7) is 0. The van der Waals surface area contributed by atoms with Crippen molar-refractivity contribution in [2.75, 3.05) is 0 Å². The van der Waals surface area contributed by atoms with E-state index in [1.165, 1.54) is 10.8 Å². The lowest BCUT2D eigenvalue weighted by molar-refractivity contribution is 0.668. The van der Waals surface area contributed by atoms with E-state index in [0.29, 0.717) is 17.6 Å². The number of nitrogens with zero attached hydrogens (tertiary/aromatic N) is 4. The van der Waals surface area contributed by atoms with Gasteiger partial charge >= 0.3 is 0 Å². The van der Waals surface area contributed by atoms with Crippen LogP contribution in [0.1, 0.15) is 0 Å². The molecule has 284 valence electrons. The molecule has 0 aliphatic heterocycles. The van der Waals surface area contributed by atoms with Crippen LogP contribution < -0.4 is 0 Å². The topological polar surface area (TPSA) is 69.9 Å². The van der Waals surface area contributed by atoms with E-state index in [1.807, 2.05) is 66.7 Å². The minimum Gasteiger partial charge on any atom is -0.456 e. The summed E-state index contributed by atoms with van der Waals surface area (Å²) in [6.07, 6.45) is 0. The summed E-state index contributed by atoms with van der Waals surface area (Å²) in [6, 6.07) is 67.6. The Balaban J connectivity index is 1.07. The van der Waals surface area contributed by atoms with Gasteiger partial charge in [-0.3, -0.25) is 4.57 Å². The Hall–Kier alpha value is -8.35. The van der Waals surface area contributed by atoms with Crippen LogP contribution in [-0.4, -0.2) is 19.5 Å². The van der Waals surface area contributed by atoms with Gasteiger partial charge in [0.2, 0.25) is 5.95 Å². The van der Waals surface area contributed by atoms with Crippen LogP contribution in [0.15, 0.2) is 203 Å². The van der Waals surface area contributed by atoms with E-state index >= 15 is 0 Å². The lowest BCUT2D eigenvalue weighted by Crippen LogP contribution is -2.07. The summed E-state index contributed by atoms with van der Waals surface area (Å²) >= 11 is 0. The Bertz CT molecular complexity index is 3900. The molecule has 13 rings (SSSR count). The fourth-order valence-electron chi connectivity index (χ4n) is 9.22. The molecule has 0 atom stereocenters. The van der Waals surface area contributed by atoms with E-state index < -0.39 is 0 Å². The van der Waals surface area contributed by atoms with Crippen LogP contribution in [0.25, 0.3) is 127 Å². The van der Waals surface area contributed by atoms with Crippen LogP contribution in [0, 0.1) is 0 Å². The highest BCUT2D eigenvalue weighted by Gasteiger charge is 2.22. The minimum absolute atomic E-state index is 0.532. The standard InChI is InChI=1S/C55H32N4O2/c1-2-13-34(14-3-1)53-56-54(38-24-27-43-41-18-6-8-22-47(41)61-50(43)32-38)58-55(57-53)59-46-28-25-33-12-4-5-17-39(33)51(46)44-21-11-20-40(52(44)59)37-16-10-15-35(30-37)36-26-29-49-45(31-36)42-19-7-9-23-48(42)60-49/h1-32H. The smallest absolute Gasteiger partial charge is 0.238 e. The normalized spacial score (nSPS) is 11.9. The highest BCUT2D eigenvalue weighted by molar-refractivity contribution is 6.23. The molecule has 61 heavy (non-hydrogen) atoms. The van der Waals surface area contributed by atoms with E-state index in [1.54, 1.807) is 0 Å². The molecular formula is C55H32N4O2. The molecule has 6 nitrogen and oxygen atoms in total. The van der Waals surface area contributed by atoms with Crippen LogP contribution in [-0.2, 0) is 0 Å². The van der Waals surface area contributed by atoms with Crippen molar-refractivity contribution in [2.45, 2.75) is 0 Å². The monoisotopic (exact) mass is 780 g/mol.